The molecule has 2 aromatic rings. The van der Waals surface area contributed by atoms with Gasteiger partial charge in [-0.05, 0) is 40.2 Å². The summed E-state index contributed by atoms with van der Waals surface area (Å²) in [6, 6.07) is 6.72. The summed E-state index contributed by atoms with van der Waals surface area (Å²) < 4.78 is 0.917. The second-order valence-corrected chi connectivity index (χ2v) is 6.64. The van der Waals surface area contributed by atoms with Crippen LogP contribution < -0.4 is 11.1 Å². The Balaban J connectivity index is 1.94. The summed E-state index contributed by atoms with van der Waals surface area (Å²) in [4.78, 5) is 16.7. The van der Waals surface area contributed by atoms with Gasteiger partial charge < -0.3 is 11.1 Å². The van der Waals surface area contributed by atoms with Crippen molar-refractivity contribution in [1.29, 1.82) is 0 Å². The minimum atomic E-state index is -0.646. The van der Waals surface area contributed by atoms with Crippen LogP contribution in [0.15, 0.2) is 44.9 Å². The van der Waals surface area contributed by atoms with E-state index < -0.39 is 6.04 Å². The first-order chi connectivity index (χ1) is 9.54. The molecule has 0 saturated carbocycles. The van der Waals surface area contributed by atoms with Crippen LogP contribution in [0.3, 0.4) is 0 Å². The third kappa shape index (κ3) is 2.56. The van der Waals surface area contributed by atoms with Gasteiger partial charge in [0.05, 0.1) is 5.02 Å². The average Bonchev–Trinajstić information content (AvgIpc) is 2.69. The topological polar surface area (TPSA) is 68.0 Å². The fourth-order valence-corrected chi connectivity index (χ4v) is 3.22. The highest BCUT2D eigenvalue weighted by Gasteiger charge is 2.28. The van der Waals surface area contributed by atoms with Gasteiger partial charge in [-0.25, -0.2) is 4.98 Å². The van der Waals surface area contributed by atoms with Crippen molar-refractivity contribution in [3.63, 3.8) is 0 Å². The average molecular weight is 371 g/mol. The van der Waals surface area contributed by atoms with Crippen LogP contribution in [-0.2, 0) is 4.79 Å². The van der Waals surface area contributed by atoms with E-state index in [2.05, 4.69) is 26.2 Å². The van der Waals surface area contributed by atoms with Gasteiger partial charge >= 0.3 is 0 Å². The first-order valence-corrected chi connectivity index (χ1v) is 7.72. The zero-order valence-electron chi connectivity index (χ0n) is 10.1. The molecule has 1 aromatic carbocycles. The standard InChI is InChI=1S/C13H9BrClN3OS/c14-6-1-2-11(17-5-6)20-10-4-9-7(3-8(10)15)12(16)13(19)18-9/h1-5,12H,16H2,(H,18,19). The maximum absolute atomic E-state index is 11.5. The van der Waals surface area contributed by atoms with Gasteiger partial charge in [0.25, 0.3) is 0 Å². The number of carbonyl (C=O) groups excluding carboxylic acids is 1. The molecule has 102 valence electrons. The van der Waals surface area contributed by atoms with Gasteiger partial charge in [-0.15, -0.1) is 0 Å². The van der Waals surface area contributed by atoms with Crippen molar-refractivity contribution >= 4 is 50.9 Å². The van der Waals surface area contributed by atoms with Crippen molar-refractivity contribution in [2.24, 2.45) is 5.73 Å². The number of halogens is 2. The molecular weight excluding hydrogens is 362 g/mol. The number of carbonyl (C=O) groups is 1. The van der Waals surface area contributed by atoms with Gasteiger partial charge in [-0.1, -0.05) is 23.4 Å². The molecule has 1 aromatic heterocycles. The normalized spacial score (nSPS) is 16.9. The number of hydrogen-bond acceptors (Lipinski definition) is 4. The molecular formula is C13H9BrClN3OS. The Morgan fingerprint density at radius 2 is 2.20 bits per heavy atom. The van der Waals surface area contributed by atoms with E-state index in [0.29, 0.717) is 10.7 Å². The van der Waals surface area contributed by atoms with E-state index >= 15 is 0 Å². The van der Waals surface area contributed by atoms with E-state index in [0.717, 1.165) is 20.0 Å². The SMILES string of the molecule is NC1C(=O)Nc2cc(Sc3ccc(Br)cn3)c(Cl)cc21. The number of benzene rings is 1. The number of nitrogens with one attached hydrogen (secondary N) is 1. The molecule has 0 spiro atoms. The van der Waals surface area contributed by atoms with Crippen LogP contribution >= 0.6 is 39.3 Å². The molecule has 0 fully saturated rings. The number of amides is 1. The zero-order chi connectivity index (χ0) is 14.3. The van der Waals surface area contributed by atoms with E-state index in [1.807, 2.05) is 18.2 Å². The van der Waals surface area contributed by atoms with E-state index in [4.69, 9.17) is 17.3 Å². The van der Waals surface area contributed by atoms with Crippen molar-refractivity contribution in [3.8, 4) is 0 Å². The minimum Gasteiger partial charge on any atom is -0.324 e. The molecule has 20 heavy (non-hydrogen) atoms. The van der Waals surface area contributed by atoms with Gasteiger partial charge in [0.15, 0.2) is 0 Å². The molecule has 0 bridgehead atoms. The van der Waals surface area contributed by atoms with Gasteiger partial charge in [-0.3, -0.25) is 4.79 Å². The van der Waals surface area contributed by atoms with Gasteiger partial charge in [0.2, 0.25) is 5.91 Å². The highest BCUT2D eigenvalue weighted by Crippen LogP contribution is 2.40. The summed E-state index contributed by atoms with van der Waals surface area (Å²) >= 11 is 11.0. The predicted octanol–water partition coefficient (Wildman–Crippen LogP) is 3.60. The third-order valence-corrected chi connectivity index (χ3v) is 4.80. The smallest absolute Gasteiger partial charge is 0.245 e. The quantitative estimate of drug-likeness (QED) is 0.847. The number of nitrogens with two attached hydrogens (primary N) is 1. The fraction of sp³-hybridized carbons (Fsp3) is 0.0769. The second-order valence-electron chi connectivity index (χ2n) is 4.25. The molecule has 1 amide bonds. The molecule has 1 aliphatic rings. The summed E-state index contributed by atoms with van der Waals surface area (Å²) in [6.45, 7) is 0. The van der Waals surface area contributed by atoms with Gasteiger partial charge in [0, 0.05) is 26.8 Å². The van der Waals surface area contributed by atoms with Crippen molar-refractivity contribution in [2.45, 2.75) is 16.0 Å². The van der Waals surface area contributed by atoms with Crippen molar-refractivity contribution < 1.29 is 4.79 Å². The Morgan fingerprint density at radius 3 is 2.90 bits per heavy atom. The lowest BCUT2D eigenvalue weighted by Crippen LogP contribution is -2.19. The lowest BCUT2D eigenvalue weighted by atomic mass is 10.1. The van der Waals surface area contributed by atoms with Crippen LogP contribution in [0.5, 0.6) is 0 Å². The second kappa shape index (κ2) is 5.37. The summed E-state index contributed by atoms with van der Waals surface area (Å²) in [5.41, 5.74) is 7.23. The van der Waals surface area contributed by atoms with E-state index in [-0.39, 0.29) is 5.91 Å². The molecule has 1 atom stereocenters. The minimum absolute atomic E-state index is 0.208. The number of fused-ring (bicyclic) bond motifs is 1. The number of aromatic nitrogens is 1. The Labute approximate surface area is 133 Å². The third-order valence-electron chi connectivity index (χ3n) is 2.89. The monoisotopic (exact) mass is 369 g/mol. The molecule has 7 heteroatoms. The van der Waals surface area contributed by atoms with Crippen LogP contribution in [-0.4, -0.2) is 10.9 Å². The molecule has 3 N–H and O–H groups in total. The van der Waals surface area contributed by atoms with Gasteiger partial charge in [-0.2, -0.15) is 0 Å². The first kappa shape index (κ1) is 13.9. The summed E-state index contributed by atoms with van der Waals surface area (Å²) in [5, 5.41) is 4.13. The fourth-order valence-electron chi connectivity index (χ4n) is 1.90. The molecule has 2 heterocycles. The Bertz CT molecular complexity index is 693. The van der Waals surface area contributed by atoms with Crippen LogP contribution in [0.2, 0.25) is 5.02 Å². The van der Waals surface area contributed by atoms with Crippen LogP contribution in [0.25, 0.3) is 0 Å². The largest absolute Gasteiger partial charge is 0.324 e. The van der Waals surface area contributed by atoms with E-state index in [1.54, 1.807) is 12.3 Å². The Hall–Kier alpha value is -1.08. The van der Waals surface area contributed by atoms with Crippen molar-refractivity contribution in [2.75, 3.05) is 5.32 Å². The Kier molecular flexibility index (Phi) is 3.72. The predicted molar refractivity (Wildman–Crippen MR) is 83.1 cm³/mol. The van der Waals surface area contributed by atoms with Crippen LogP contribution in [0.4, 0.5) is 5.69 Å². The zero-order valence-corrected chi connectivity index (χ0v) is 13.2. The Morgan fingerprint density at radius 1 is 1.40 bits per heavy atom. The maximum Gasteiger partial charge on any atom is 0.245 e. The summed E-state index contributed by atoms with van der Waals surface area (Å²) in [5.74, 6) is -0.208. The molecule has 3 rings (SSSR count). The summed E-state index contributed by atoms with van der Waals surface area (Å²) in [7, 11) is 0. The lowest BCUT2D eigenvalue weighted by Gasteiger charge is -2.08. The molecule has 1 unspecified atom stereocenters. The molecule has 1 aliphatic heterocycles. The maximum atomic E-state index is 11.5. The first-order valence-electron chi connectivity index (χ1n) is 5.74. The highest BCUT2D eigenvalue weighted by atomic mass is 79.9. The van der Waals surface area contributed by atoms with E-state index in [9.17, 15) is 4.79 Å². The highest BCUT2D eigenvalue weighted by molar-refractivity contribution is 9.10. The van der Waals surface area contributed by atoms with Crippen molar-refractivity contribution in [1.82, 2.24) is 4.98 Å². The summed E-state index contributed by atoms with van der Waals surface area (Å²) in [6.07, 6.45) is 1.72. The molecule has 0 radical (unpaired) electrons. The lowest BCUT2D eigenvalue weighted by molar-refractivity contribution is -0.116. The number of rotatable bonds is 2. The van der Waals surface area contributed by atoms with Crippen LogP contribution in [0, 0.1) is 0 Å². The van der Waals surface area contributed by atoms with Gasteiger partial charge in [0.1, 0.15) is 11.1 Å². The van der Waals surface area contributed by atoms with Crippen molar-refractivity contribution in [3.05, 3.63) is 45.5 Å². The number of nitrogens with zero attached hydrogens (tertiary/aromatic N) is 1. The van der Waals surface area contributed by atoms with E-state index in [1.165, 1.54) is 11.8 Å². The van der Waals surface area contributed by atoms with Crippen LogP contribution in [0.1, 0.15) is 11.6 Å². The number of hydrogen-bond donors (Lipinski definition) is 2. The number of pyridine rings is 1. The molecule has 4 nitrogen and oxygen atoms in total. The molecule has 0 saturated heterocycles. The number of anilines is 1. The molecule has 0 aliphatic carbocycles.